The third-order valence-corrected chi connectivity index (χ3v) is 4.57. The highest BCUT2D eigenvalue weighted by Crippen LogP contribution is 2.18. The minimum atomic E-state index is 0.130. The zero-order chi connectivity index (χ0) is 16.4. The zero-order valence-electron chi connectivity index (χ0n) is 14.1. The molecule has 0 saturated carbocycles. The number of likely N-dealkylation sites (tertiary alicyclic amines) is 1. The second kappa shape index (κ2) is 6.54. The van der Waals surface area contributed by atoms with Crippen molar-refractivity contribution in [2.24, 2.45) is 0 Å². The summed E-state index contributed by atoms with van der Waals surface area (Å²) in [4.78, 5) is 16.8. The maximum Gasteiger partial charge on any atom is 0.253 e. The Kier molecular flexibility index (Phi) is 4.48. The lowest BCUT2D eigenvalue weighted by molar-refractivity contribution is 0.0663. The molecule has 3 rings (SSSR count). The molecule has 0 unspecified atom stereocenters. The van der Waals surface area contributed by atoms with E-state index in [1.165, 1.54) is 0 Å². The average molecular weight is 312 g/mol. The molecule has 1 amide bonds. The predicted octanol–water partition coefficient (Wildman–Crippen LogP) is 2.35. The van der Waals surface area contributed by atoms with Crippen molar-refractivity contribution in [2.75, 3.05) is 27.2 Å². The summed E-state index contributed by atoms with van der Waals surface area (Å²) in [6.07, 6.45) is 5.89. The SMILES string of the molecule is Cc1cnn(-c2ccc(C(=O)N3CCC(N(C)C)CC3)cc2)c1. The van der Waals surface area contributed by atoms with E-state index in [-0.39, 0.29) is 5.91 Å². The monoisotopic (exact) mass is 312 g/mol. The van der Waals surface area contributed by atoms with Gasteiger partial charge in [0.25, 0.3) is 5.91 Å². The van der Waals surface area contributed by atoms with Crippen molar-refractivity contribution in [3.63, 3.8) is 0 Å². The normalized spacial score (nSPS) is 16.1. The van der Waals surface area contributed by atoms with Crippen molar-refractivity contribution in [1.82, 2.24) is 19.6 Å². The Balaban J connectivity index is 1.66. The van der Waals surface area contributed by atoms with Crippen molar-refractivity contribution in [2.45, 2.75) is 25.8 Å². The number of hydrogen-bond donors (Lipinski definition) is 0. The molecular weight excluding hydrogens is 288 g/mol. The second-order valence-corrected chi connectivity index (χ2v) is 6.50. The molecule has 5 nitrogen and oxygen atoms in total. The van der Waals surface area contributed by atoms with Crippen LogP contribution in [-0.4, -0.2) is 58.7 Å². The van der Waals surface area contributed by atoms with Gasteiger partial charge in [0.05, 0.1) is 11.9 Å². The summed E-state index contributed by atoms with van der Waals surface area (Å²) in [6, 6.07) is 8.28. The molecule has 2 aromatic rings. The molecule has 1 aliphatic heterocycles. The molecule has 1 aromatic carbocycles. The van der Waals surface area contributed by atoms with Crippen LogP contribution >= 0.6 is 0 Å². The van der Waals surface area contributed by atoms with Gasteiger partial charge in [-0.2, -0.15) is 5.10 Å². The van der Waals surface area contributed by atoms with Crippen LogP contribution in [0.1, 0.15) is 28.8 Å². The topological polar surface area (TPSA) is 41.4 Å². The smallest absolute Gasteiger partial charge is 0.253 e. The predicted molar refractivity (Wildman–Crippen MR) is 90.9 cm³/mol. The summed E-state index contributed by atoms with van der Waals surface area (Å²) < 4.78 is 1.83. The number of aryl methyl sites for hydroxylation is 1. The minimum absolute atomic E-state index is 0.130. The minimum Gasteiger partial charge on any atom is -0.339 e. The molecule has 5 heteroatoms. The van der Waals surface area contributed by atoms with Crippen LogP contribution in [0.2, 0.25) is 0 Å². The lowest BCUT2D eigenvalue weighted by Crippen LogP contribution is -2.44. The van der Waals surface area contributed by atoms with Crippen molar-refractivity contribution in [3.05, 3.63) is 47.8 Å². The van der Waals surface area contributed by atoms with E-state index in [2.05, 4.69) is 24.1 Å². The van der Waals surface area contributed by atoms with Gasteiger partial charge in [0, 0.05) is 30.9 Å². The van der Waals surface area contributed by atoms with E-state index in [9.17, 15) is 4.79 Å². The Labute approximate surface area is 137 Å². The maximum absolute atomic E-state index is 12.6. The van der Waals surface area contributed by atoms with Gasteiger partial charge < -0.3 is 9.80 Å². The summed E-state index contributed by atoms with van der Waals surface area (Å²) in [5, 5.41) is 4.29. The van der Waals surface area contributed by atoms with Gasteiger partial charge in [-0.15, -0.1) is 0 Å². The van der Waals surface area contributed by atoms with Gasteiger partial charge in [0.2, 0.25) is 0 Å². The largest absolute Gasteiger partial charge is 0.339 e. The number of hydrogen-bond acceptors (Lipinski definition) is 3. The van der Waals surface area contributed by atoms with Gasteiger partial charge in [0.15, 0.2) is 0 Å². The van der Waals surface area contributed by atoms with Crippen LogP contribution in [0, 0.1) is 6.92 Å². The van der Waals surface area contributed by atoms with E-state index < -0.39 is 0 Å². The van der Waals surface area contributed by atoms with Gasteiger partial charge in [-0.05, 0) is 63.7 Å². The number of rotatable bonds is 3. The lowest BCUT2D eigenvalue weighted by Gasteiger charge is -2.35. The van der Waals surface area contributed by atoms with Gasteiger partial charge in [0.1, 0.15) is 0 Å². The number of nitrogens with zero attached hydrogens (tertiary/aromatic N) is 4. The first-order chi connectivity index (χ1) is 11.0. The molecule has 23 heavy (non-hydrogen) atoms. The molecule has 2 heterocycles. The van der Waals surface area contributed by atoms with E-state index in [1.54, 1.807) is 0 Å². The Morgan fingerprint density at radius 1 is 1.17 bits per heavy atom. The highest BCUT2D eigenvalue weighted by molar-refractivity contribution is 5.94. The van der Waals surface area contributed by atoms with Gasteiger partial charge in [-0.25, -0.2) is 4.68 Å². The molecule has 0 spiro atoms. The van der Waals surface area contributed by atoms with E-state index in [4.69, 9.17) is 0 Å². The number of aromatic nitrogens is 2. The Hall–Kier alpha value is -2.14. The Morgan fingerprint density at radius 2 is 1.83 bits per heavy atom. The first-order valence-corrected chi connectivity index (χ1v) is 8.12. The van der Waals surface area contributed by atoms with E-state index in [0.717, 1.165) is 42.7 Å². The number of amides is 1. The molecule has 0 bridgehead atoms. The van der Waals surface area contributed by atoms with Crippen LogP contribution in [0.25, 0.3) is 5.69 Å². The fourth-order valence-corrected chi connectivity index (χ4v) is 3.08. The van der Waals surface area contributed by atoms with Crippen molar-refractivity contribution in [1.29, 1.82) is 0 Å². The maximum atomic E-state index is 12.6. The van der Waals surface area contributed by atoms with Crippen LogP contribution in [0.5, 0.6) is 0 Å². The van der Waals surface area contributed by atoms with Gasteiger partial charge in [-0.3, -0.25) is 4.79 Å². The molecule has 1 fully saturated rings. The molecule has 0 N–H and O–H groups in total. The average Bonchev–Trinajstić information content (AvgIpc) is 3.01. The van der Waals surface area contributed by atoms with E-state index in [1.807, 2.05) is 53.2 Å². The molecule has 122 valence electrons. The first kappa shape index (κ1) is 15.7. The van der Waals surface area contributed by atoms with Gasteiger partial charge >= 0.3 is 0 Å². The fourth-order valence-electron chi connectivity index (χ4n) is 3.08. The summed E-state index contributed by atoms with van der Waals surface area (Å²) in [6.45, 7) is 3.68. The zero-order valence-corrected chi connectivity index (χ0v) is 14.1. The first-order valence-electron chi connectivity index (χ1n) is 8.12. The third-order valence-electron chi connectivity index (χ3n) is 4.57. The molecule has 1 aliphatic rings. The summed E-state index contributed by atoms with van der Waals surface area (Å²) in [5.74, 6) is 0.130. The summed E-state index contributed by atoms with van der Waals surface area (Å²) in [5.41, 5.74) is 2.84. The number of benzene rings is 1. The van der Waals surface area contributed by atoms with Crippen LogP contribution in [0.3, 0.4) is 0 Å². The lowest BCUT2D eigenvalue weighted by atomic mass is 10.0. The standard InChI is InChI=1S/C18H24N4O/c1-14-12-19-22(13-14)17-6-4-15(5-7-17)18(23)21-10-8-16(9-11-21)20(2)3/h4-7,12-13,16H,8-11H2,1-3H3. The summed E-state index contributed by atoms with van der Waals surface area (Å²) >= 11 is 0. The van der Waals surface area contributed by atoms with Crippen LogP contribution in [0.15, 0.2) is 36.7 Å². The molecule has 0 aliphatic carbocycles. The number of carbonyl (C=O) groups excluding carboxylic acids is 1. The highest BCUT2D eigenvalue weighted by atomic mass is 16.2. The van der Waals surface area contributed by atoms with Crippen molar-refractivity contribution in [3.8, 4) is 5.69 Å². The molecule has 0 radical (unpaired) electrons. The molecular formula is C18H24N4O. The number of piperidine rings is 1. The molecule has 1 saturated heterocycles. The summed E-state index contributed by atoms with van der Waals surface area (Å²) in [7, 11) is 4.22. The van der Waals surface area contributed by atoms with Crippen LogP contribution in [0.4, 0.5) is 0 Å². The van der Waals surface area contributed by atoms with Gasteiger partial charge in [-0.1, -0.05) is 0 Å². The fraction of sp³-hybridized carbons (Fsp3) is 0.444. The van der Waals surface area contributed by atoms with Crippen LogP contribution in [-0.2, 0) is 0 Å². The Bertz CT molecular complexity index is 667. The van der Waals surface area contributed by atoms with E-state index >= 15 is 0 Å². The highest BCUT2D eigenvalue weighted by Gasteiger charge is 2.24. The van der Waals surface area contributed by atoms with E-state index in [0.29, 0.717) is 6.04 Å². The quantitative estimate of drug-likeness (QED) is 0.873. The second-order valence-electron chi connectivity index (χ2n) is 6.50. The van der Waals surface area contributed by atoms with Crippen molar-refractivity contribution >= 4 is 5.91 Å². The molecule has 0 atom stereocenters. The Morgan fingerprint density at radius 3 is 2.35 bits per heavy atom. The number of carbonyl (C=O) groups is 1. The molecule has 1 aromatic heterocycles. The van der Waals surface area contributed by atoms with Crippen molar-refractivity contribution < 1.29 is 4.79 Å². The van der Waals surface area contributed by atoms with Crippen LogP contribution < -0.4 is 0 Å². The third kappa shape index (κ3) is 3.45.